The Morgan fingerprint density at radius 1 is 1.07 bits per heavy atom. The highest BCUT2D eigenvalue weighted by Crippen LogP contribution is 2.52. The molecule has 2 fully saturated rings. The minimum Gasteiger partial charge on any atom is -0.447 e. The first-order valence-corrected chi connectivity index (χ1v) is 10.8. The summed E-state index contributed by atoms with van der Waals surface area (Å²) in [6.07, 6.45) is 3.97. The number of rotatable bonds is 3. The molecule has 3 aliphatic rings. The molecule has 2 spiro atoms. The van der Waals surface area contributed by atoms with Crippen LogP contribution < -0.4 is 0 Å². The zero-order valence-electron chi connectivity index (χ0n) is 18.3. The standard InChI is InChI=1S/C24H30O6/c1-5-27-22(26)29-20-19(18-16(3)13-15(2)14-17(18)4)21(25)30-24(20)10-8-23(9-11-24)7-6-12-28-23/h13-14H,5-12H2,1-4H3. The quantitative estimate of drug-likeness (QED) is 0.654. The van der Waals surface area contributed by atoms with Crippen LogP contribution in [0.2, 0.25) is 0 Å². The fourth-order valence-electron chi connectivity index (χ4n) is 5.35. The van der Waals surface area contributed by atoms with E-state index in [2.05, 4.69) is 0 Å². The van der Waals surface area contributed by atoms with Gasteiger partial charge in [0.25, 0.3) is 0 Å². The van der Waals surface area contributed by atoms with Crippen LogP contribution in [0.15, 0.2) is 17.9 Å². The van der Waals surface area contributed by atoms with Crippen molar-refractivity contribution < 1.29 is 28.5 Å². The van der Waals surface area contributed by atoms with Crippen molar-refractivity contribution in [1.29, 1.82) is 0 Å². The molecule has 2 heterocycles. The summed E-state index contributed by atoms with van der Waals surface area (Å²) < 4.78 is 22.8. The van der Waals surface area contributed by atoms with Gasteiger partial charge in [0.15, 0.2) is 11.4 Å². The highest BCUT2D eigenvalue weighted by atomic mass is 16.7. The molecule has 0 atom stereocenters. The molecule has 30 heavy (non-hydrogen) atoms. The van der Waals surface area contributed by atoms with Crippen LogP contribution in [-0.2, 0) is 23.7 Å². The Kier molecular flexibility index (Phi) is 5.39. The Balaban J connectivity index is 1.78. The number of ether oxygens (including phenoxy) is 4. The van der Waals surface area contributed by atoms with Crippen molar-refractivity contribution in [3.63, 3.8) is 0 Å². The minimum atomic E-state index is -0.944. The smallest absolute Gasteiger partial charge is 0.447 e. The molecular formula is C24H30O6. The molecule has 6 nitrogen and oxygen atoms in total. The molecule has 0 unspecified atom stereocenters. The first kappa shape index (κ1) is 20.9. The van der Waals surface area contributed by atoms with E-state index in [4.69, 9.17) is 18.9 Å². The molecule has 1 saturated heterocycles. The summed E-state index contributed by atoms with van der Waals surface area (Å²) in [6, 6.07) is 4.05. The third kappa shape index (κ3) is 3.51. The normalized spacial score (nSPS) is 28.3. The monoisotopic (exact) mass is 414 g/mol. The van der Waals surface area contributed by atoms with Gasteiger partial charge in [0.1, 0.15) is 5.57 Å². The Labute approximate surface area is 177 Å². The van der Waals surface area contributed by atoms with E-state index >= 15 is 0 Å². The van der Waals surface area contributed by atoms with E-state index in [9.17, 15) is 9.59 Å². The number of carbonyl (C=O) groups excluding carboxylic acids is 2. The number of hydrogen-bond donors (Lipinski definition) is 0. The molecule has 1 aliphatic carbocycles. The van der Waals surface area contributed by atoms with Gasteiger partial charge in [-0.1, -0.05) is 17.7 Å². The molecule has 6 heteroatoms. The van der Waals surface area contributed by atoms with Gasteiger partial charge in [0.05, 0.1) is 12.2 Å². The second kappa shape index (κ2) is 7.73. The fourth-order valence-corrected chi connectivity index (χ4v) is 5.35. The average molecular weight is 414 g/mol. The van der Waals surface area contributed by atoms with Gasteiger partial charge in [0, 0.05) is 6.61 Å². The largest absolute Gasteiger partial charge is 0.513 e. The zero-order valence-corrected chi connectivity index (χ0v) is 18.3. The number of esters is 1. The van der Waals surface area contributed by atoms with Crippen molar-refractivity contribution in [2.45, 2.75) is 77.4 Å². The molecule has 162 valence electrons. The second-order valence-electron chi connectivity index (χ2n) is 8.78. The molecule has 0 aromatic heterocycles. The van der Waals surface area contributed by atoms with Crippen LogP contribution in [0, 0.1) is 20.8 Å². The van der Waals surface area contributed by atoms with Gasteiger partial charge < -0.3 is 18.9 Å². The van der Waals surface area contributed by atoms with Gasteiger partial charge in [-0.25, -0.2) is 9.59 Å². The Morgan fingerprint density at radius 2 is 1.73 bits per heavy atom. The summed E-state index contributed by atoms with van der Waals surface area (Å²) in [5.41, 5.74) is 3.06. The van der Waals surface area contributed by atoms with Gasteiger partial charge in [0.2, 0.25) is 0 Å². The van der Waals surface area contributed by atoms with E-state index in [0.29, 0.717) is 24.2 Å². The van der Waals surface area contributed by atoms with Gasteiger partial charge in [-0.3, -0.25) is 0 Å². The van der Waals surface area contributed by atoms with Crippen molar-refractivity contribution in [1.82, 2.24) is 0 Å². The second-order valence-corrected chi connectivity index (χ2v) is 8.78. The maximum atomic E-state index is 13.2. The summed E-state index contributed by atoms with van der Waals surface area (Å²) >= 11 is 0. The summed E-state index contributed by atoms with van der Waals surface area (Å²) in [4.78, 5) is 25.5. The van der Waals surface area contributed by atoms with Crippen LogP contribution in [0.5, 0.6) is 0 Å². The number of carbonyl (C=O) groups is 2. The summed E-state index contributed by atoms with van der Waals surface area (Å²) in [5, 5.41) is 0. The van der Waals surface area contributed by atoms with E-state index in [1.165, 1.54) is 0 Å². The average Bonchev–Trinajstić information content (AvgIpc) is 3.23. The molecule has 0 bridgehead atoms. The van der Waals surface area contributed by atoms with E-state index in [-0.39, 0.29) is 12.2 Å². The fraction of sp³-hybridized carbons (Fsp3) is 0.583. The SMILES string of the molecule is CCOC(=O)OC1=C(c2c(C)cc(C)cc2C)C(=O)OC12CCC1(CCCO1)CC2. The Hall–Kier alpha value is -2.34. The van der Waals surface area contributed by atoms with Crippen LogP contribution in [0.1, 0.15) is 67.7 Å². The van der Waals surface area contributed by atoms with Crippen molar-refractivity contribution in [3.8, 4) is 0 Å². The van der Waals surface area contributed by atoms with Gasteiger partial charge in [-0.15, -0.1) is 0 Å². The maximum Gasteiger partial charge on any atom is 0.513 e. The zero-order chi connectivity index (χ0) is 21.5. The minimum absolute atomic E-state index is 0.134. The van der Waals surface area contributed by atoms with E-state index in [1.54, 1.807) is 6.92 Å². The third-order valence-corrected chi connectivity index (χ3v) is 6.66. The molecule has 1 aromatic carbocycles. The summed E-state index contributed by atoms with van der Waals surface area (Å²) in [6.45, 7) is 8.64. The van der Waals surface area contributed by atoms with E-state index in [0.717, 1.165) is 54.5 Å². The number of aryl methyl sites for hydroxylation is 3. The summed E-state index contributed by atoms with van der Waals surface area (Å²) in [7, 11) is 0. The van der Waals surface area contributed by atoms with Crippen LogP contribution in [0.4, 0.5) is 4.79 Å². The van der Waals surface area contributed by atoms with E-state index < -0.39 is 17.7 Å². The van der Waals surface area contributed by atoms with Crippen molar-refractivity contribution in [2.75, 3.05) is 13.2 Å². The first-order chi connectivity index (χ1) is 14.3. The predicted molar refractivity (Wildman–Crippen MR) is 111 cm³/mol. The van der Waals surface area contributed by atoms with E-state index in [1.807, 2.05) is 32.9 Å². The van der Waals surface area contributed by atoms with Gasteiger partial charge in [-0.05, 0) is 82.9 Å². The van der Waals surface area contributed by atoms with Crippen LogP contribution in [-0.4, -0.2) is 36.5 Å². The molecule has 0 N–H and O–H groups in total. The highest BCUT2D eigenvalue weighted by Gasteiger charge is 2.56. The molecule has 1 aromatic rings. The highest BCUT2D eigenvalue weighted by molar-refractivity contribution is 6.20. The van der Waals surface area contributed by atoms with Crippen molar-refractivity contribution in [2.24, 2.45) is 0 Å². The lowest BCUT2D eigenvalue weighted by Crippen LogP contribution is -2.44. The van der Waals surface area contributed by atoms with Crippen molar-refractivity contribution >= 4 is 17.7 Å². The lowest BCUT2D eigenvalue weighted by atomic mass is 9.73. The molecular weight excluding hydrogens is 384 g/mol. The molecule has 0 amide bonds. The first-order valence-electron chi connectivity index (χ1n) is 10.8. The summed E-state index contributed by atoms with van der Waals surface area (Å²) in [5.74, 6) is -0.138. The lowest BCUT2D eigenvalue weighted by Gasteiger charge is -2.41. The molecule has 0 radical (unpaired) electrons. The van der Waals surface area contributed by atoms with Crippen LogP contribution >= 0.6 is 0 Å². The van der Waals surface area contributed by atoms with Crippen LogP contribution in [0.3, 0.4) is 0 Å². The van der Waals surface area contributed by atoms with Gasteiger partial charge in [-0.2, -0.15) is 0 Å². The van der Waals surface area contributed by atoms with Crippen LogP contribution in [0.25, 0.3) is 5.57 Å². The number of benzene rings is 1. The molecule has 4 rings (SSSR count). The van der Waals surface area contributed by atoms with Crippen molar-refractivity contribution in [3.05, 3.63) is 40.1 Å². The molecule has 1 saturated carbocycles. The van der Waals surface area contributed by atoms with Gasteiger partial charge >= 0.3 is 12.1 Å². The lowest BCUT2D eigenvalue weighted by molar-refractivity contribution is -0.156. The predicted octanol–water partition coefficient (Wildman–Crippen LogP) is 4.91. The molecule has 2 aliphatic heterocycles. The maximum absolute atomic E-state index is 13.2. The Bertz CT molecular complexity index is 873. The topological polar surface area (TPSA) is 71.1 Å². The Morgan fingerprint density at radius 3 is 2.30 bits per heavy atom. The third-order valence-electron chi connectivity index (χ3n) is 6.66. The number of hydrogen-bond acceptors (Lipinski definition) is 6.